The molecule has 0 saturated heterocycles. The highest BCUT2D eigenvalue weighted by atomic mass is 32.2. The second kappa shape index (κ2) is 17.8. The number of hydrogen-bond acceptors (Lipinski definition) is 10. The van der Waals surface area contributed by atoms with E-state index >= 15 is 0 Å². The quantitative estimate of drug-likeness (QED) is 0.0713. The number of carboxylic acid groups (broad SMARTS) is 1. The minimum atomic E-state index is -4.37. The Balaban J connectivity index is 1.61. The summed E-state index contributed by atoms with van der Waals surface area (Å²) in [6.45, 7) is 2.21. The zero-order chi connectivity index (χ0) is 32.8. The third-order valence-corrected chi connectivity index (χ3v) is 10.5. The number of benzene rings is 2. The molecule has 0 aliphatic rings. The molecule has 13 nitrogen and oxygen atoms in total. The Morgan fingerprint density at radius 1 is 0.978 bits per heavy atom. The van der Waals surface area contributed by atoms with Crippen LogP contribution < -0.4 is 0 Å². The third kappa shape index (κ3) is 10.5. The molecule has 2 aromatic carbocycles. The van der Waals surface area contributed by atoms with Crippen LogP contribution in [-0.4, -0.2) is 67.1 Å². The smallest absolute Gasteiger partial charge is 0.322 e. The number of nitrogens with zero attached hydrogens (tertiary/aromatic N) is 6. The number of unbranched alkanes of at least 4 members (excludes halogenated alkanes) is 11. The van der Waals surface area contributed by atoms with Crippen LogP contribution in [0.2, 0.25) is 0 Å². The first-order valence-electron chi connectivity index (χ1n) is 15.3. The fourth-order valence-electron chi connectivity index (χ4n) is 4.96. The summed E-state index contributed by atoms with van der Waals surface area (Å²) in [4.78, 5) is 23.0. The van der Waals surface area contributed by atoms with Crippen molar-refractivity contribution in [3.05, 3.63) is 52.6 Å². The van der Waals surface area contributed by atoms with Gasteiger partial charge in [-0.25, -0.2) is 8.42 Å². The number of phenols is 1. The molecular formula is C30H42N6O7S2. The average molecular weight is 663 g/mol. The summed E-state index contributed by atoms with van der Waals surface area (Å²) in [5.74, 6) is -1.23. The molecular weight excluding hydrogens is 620 g/mol. The fourth-order valence-corrected chi connectivity index (χ4v) is 7.20. The lowest BCUT2D eigenvalue weighted by molar-refractivity contribution is -0.388. The van der Waals surface area contributed by atoms with Gasteiger partial charge >= 0.3 is 5.97 Å². The van der Waals surface area contributed by atoms with Crippen molar-refractivity contribution in [2.45, 2.75) is 111 Å². The van der Waals surface area contributed by atoms with Gasteiger partial charge in [-0.05, 0) is 65.0 Å². The summed E-state index contributed by atoms with van der Waals surface area (Å²) >= 11 is 0.859. The molecule has 246 valence electrons. The average Bonchev–Trinajstić information content (AvgIpc) is 3.47. The van der Waals surface area contributed by atoms with E-state index < -0.39 is 32.6 Å². The number of carbonyl (C=O) groups is 1. The number of tetrazole rings is 1. The van der Waals surface area contributed by atoms with Gasteiger partial charge in [0, 0.05) is 13.1 Å². The molecule has 1 atom stereocenters. The van der Waals surface area contributed by atoms with Crippen molar-refractivity contribution in [1.82, 2.24) is 24.5 Å². The van der Waals surface area contributed by atoms with E-state index in [0.717, 1.165) is 47.8 Å². The summed E-state index contributed by atoms with van der Waals surface area (Å²) in [6, 6.07) is 8.10. The molecule has 3 aromatic rings. The first-order chi connectivity index (χ1) is 21.6. The Hall–Kier alpha value is -3.56. The molecule has 0 amide bonds. The number of carboxylic acids is 1. The standard InChI is InChI=1S/C30H42N6O7S2/c1-3-4-5-6-7-8-9-10-11-12-13-14-15-26(29(38)39)34(2)45(42,43)25-20-21-28(27(22-25)36(40)41)44-30-31-32-33-35(30)23-16-18-24(37)19-17-23/h16-22,26,37H,3-15H2,1-2H3,(H,38,39). The molecule has 0 aliphatic carbocycles. The maximum Gasteiger partial charge on any atom is 0.322 e. The molecule has 1 aromatic heterocycles. The molecule has 0 radical (unpaired) electrons. The van der Waals surface area contributed by atoms with Crippen LogP contribution in [0.5, 0.6) is 5.75 Å². The number of aromatic nitrogens is 4. The van der Waals surface area contributed by atoms with E-state index in [9.17, 15) is 33.5 Å². The molecule has 0 bridgehead atoms. The van der Waals surface area contributed by atoms with Crippen molar-refractivity contribution in [2.75, 3.05) is 7.05 Å². The largest absolute Gasteiger partial charge is 0.508 e. The molecule has 0 fully saturated rings. The Labute approximate surface area is 268 Å². The van der Waals surface area contributed by atoms with Gasteiger partial charge in [0.15, 0.2) is 0 Å². The van der Waals surface area contributed by atoms with Gasteiger partial charge in [0.1, 0.15) is 11.8 Å². The number of sulfonamides is 1. The molecule has 1 heterocycles. The van der Waals surface area contributed by atoms with Crippen molar-refractivity contribution in [1.29, 1.82) is 0 Å². The fraction of sp³-hybridized carbons (Fsp3) is 0.533. The summed E-state index contributed by atoms with van der Waals surface area (Å²) in [6.07, 6.45) is 13.5. The number of rotatable bonds is 21. The van der Waals surface area contributed by atoms with E-state index in [1.165, 1.54) is 80.9 Å². The van der Waals surface area contributed by atoms with Crippen molar-refractivity contribution >= 4 is 33.4 Å². The number of aromatic hydroxyl groups is 1. The number of hydrogen-bond donors (Lipinski definition) is 2. The number of phenolic OH excluding ortho intramolecular Hbond substituents is 1. The Kier molecular flexibility index (Phi) is 14.2. The van der Waals surface area contributed by atoms with E-state index in [4.69, 9.17) is 0 Å². The van der Waals surface area contributed by atoms with Crippen LogP contribution in [0, 0.1) is 10.1 Å². The first-order valence-corrected chi connectivity index (χ1v) is 17.6. The first kappa shape index (κ1) is 35.9. The maximum atomic E-state index is 13.4. The topological polar surface area (TPSA) is 182 Å². The molecule has 2 N–H and O–H groups in total. The SMILES string of the molecule is CCCCCCCCCCCCCCC(C(=O)O)N(C)S(=O)(=O)c1ccc(Sc2nnnn2-c2ccc(O)cc2)c([N+](=O)[O-])c1. The predicted molar refractivity (Wildman–Crippen MR) is 170 cm³/mol. The van der Waals surface area contributed by atoms with Crippen LogP contribution in [0.4, 0.5) is 5.69 Å². The van der Waals surface area contributed by atoms with Gasteiger partial charge in [0.2, 0.25) is 15.2 Å². The second-order valence-electron chi connectivity index (χ2n) is 10.9. The van der Waals surface area contributed by atoms with Crippen LogP contribution in [0.25, 0.3) is 5.69 Å². The van der Waals surface area contributed by atoms with Crippen molar-refractivity contribution in [3.8, 4) is 11.4 Å². The van der Waals surface area contributed by atoms with Gasteiger partial charge in [-0.2, -0.15) is 8.99 Å². The van der Waals surface area contributed by atoms with E-state index in [0.29, 0.717) is 12.1 Å². The molecule has 3 rings (SSSR count). The van der Waals surface area contributed by atoms with Gasteiger partial charge in [-0.15, -0.1) is 5.10 Å². The highest BCUT2D eigenvalue weighted by Crippen LogP contribution is 2.36. The van der Waals surface area contributed by atoms with Crippen LogP contribution in [0.15, 0.2) is 57.4 Å². The lowest BCUT2D eigenvalue weighted by atomic mass is 10.0. The lowest BCUT2D eigenvalue weighted by Crippen LogP contribution is -2.42. The van der Waals surface area contributed by atoms with E-state index in [-0.39, 0.29) is 27.1 Å². The van der Waals surface area contributed by atoms with E-state index in [1.807, 2.05) is 0 Å². The van der Waals surface area contributed by atoms with Crippen LogP contribution >= 0.6 is 11.8 Å². The van der Waals surface area contributed by atoms with Gasteiger partial charge in [0.05, 0.1) is 20.4 Å². The minimum Gasteiger partial charge on any atom is -0.508 e. The van der Waals surface area contributed by atoms with Gasteiger partial charge in [-0.3, -0.25) is 14.9 Å². The second-order valence-corrected chi connectivity index (χ2v) is 13.9. The lowest BCUT2D eigenvalue weighted by Gasteiger charge is -2.24. The molecule has 0 aliphatic heterocycles. The van der Waals surface area contributed by atoms with Crippen LogP contribution in [0.3, 0.4) is 0 Å². The van der Waals surface area contributed by atoms with Gasteiger partial charge < -0.3 is 10.2 Å². The number of nitro benzene ring substituents is 1. The van der Waals surface area contributed by atoms with Crippen molar-refractivity contribution in [3.63, 3.8) is 0 Å². The zero-order valence-corrected chi connectivity index (χ0v) is 27.4. The summed E-state index contributed by atoms with van der Waals surface area (Å²) in [7, 11) is -3.18. The molecule has 15 heteroatoms. The Morgan fingerprint density at radius 3 is 2.11 bits per heavy atom. The molecule has 0 saturated carbocycles. The van der Waals surface area contributed by atoms with E-state index in [1.54, 1.807) is 12.1 Å². The van der Waals surface area contributed by atoms with Crippen molar-refractivity contribution < 1.29 is 28.3 Å². The van der Waals surface area contributed by atoms with Crippen LogP contribution in [-0.2, 0) is 14.8 Å². The summed E-state index contributed by atoms with van der Waals surface area (Å²) in [5.41, 5.74) is -0.000722. The Morgan fingerprint density at radius 2 is 1.56 bits per heavy atom. The Bertz CT molecular complexity index is 1500. The van der Waals surface area contributed by atoms with Crippen molar-refractivity contribution in [2.24, 2.45) is 0 Å². The number of aliphatic carboxylic acids is 1. The monoisotopic (exact) mass is 662 g/mol. The predicted octanol–water partition coefficient (Wildman–Crippen LogP) is 6.59. The van der Waals surface area contributed by atoms with Crippen LogP contribution in [0.1, 0.15) is 90.4 Å². The molecule has 1 unspecified atom stereocenters. The number of likely N-dealkylation sites (N-methyl/N-ethyl adjacent to an activating group) is 1. The van der Waals surface area contributed by atoms with Gasteiger partial charge in [-0.1, -0.05) is 84.0 Å². The summed E-state index contributed by atoms with van der Waals surface area (Å²) in [5, 5.41) is 43.0. The zero-order valence-electron chi connectivity index (χ0n) is 25.7. The minimum absolute atomic E-state index is 0.0395. The third-order valence-electron chi connectivity index (χ3n) is 7.60. The van der Waals surface area contributed by atoms with E-state index in [2.05, 4.69) is 22.4 Å². The molecule has 0 spiro atoms. The summed E-state index contributed by atoms with van der Waals surface area (Å²) < 4.78 is 29.0. The highest BCUT2D eigenvalue weighted by Gasteiger charge is 2.34. The number of nitro groups is 1. The van der Waals surface area contributed by atoms with Gasteiger partial charge in [0.25, 0.3) is 5.69 Å². The highest BCUT2D eigenvalue weighted by molar-refractivity contribution is 7.99. The normalized spacial score (nSPS) is 12.4. The molecule has 45 heavy (non-hydrogen) atoms. The maximum absolute atomic E-state index is 13.4.